The Labute approximate surface area is 295 Å². The summed E-state index contributed by atoms with van der Waals surface area (Å²) in [6, 6.07) is 23.1. The van der Waals surface area contributed by atoms with E-state index in [1.54, 1.807) is 77.2 Å². The van der Waals surface area contributed by atoms with Crippen molar-refractivity contribution >= 4 is 44.3 Å². The molecule has 15 heteroatoms. The molecule has 51 heavy (non-hydrogen) atoms. The maximum atomic E-state index is 14.2. The second-order valence-electron chi connectivity index (χ2n) is 12.0. The third-order valence-electron chi connectivity index (χ3n) is 9.11. The van der Waals surface area contributed by atoms with Crippen LogP contribution in [0.25, 0.3) is 22.4 Å². The van der Waals surface area contributed by atoms with E-state index in [-0.39, 0.29) is 54.6 Å². The van der Waals surface area contributed by atoms with Crippen LogP contribution in [0.15, 0.2) is 101 Å². The molecule has 0 atom stereocenters. The van der Waals surface area contributed by atoms with Crippen LogP contribution in [0, 0.1) is 11.6 Å². The molecule has 262 valence electrons. The van der Waals surface area contributed by atoms with Gasteiger partial charge in [-0.2, -0.15) is 4.31 Å². The largest absolute Gasteiger partial charge is 0.494 e. The molecule has 0 aliphatic carbocycles. The Morgan fingerprint density at radius 3 is 2.33 bits per heavy atom. The first kappa shape index (κ1) is 34.3. The van der Waals surface area contributed by atoms with Crippen molar-refractivity contribution in [2.45, 2.75) is 36.7 Å². The molecule has 7 rings (SSSR count). The number of rotatable bonds is 9. The summed E-state index contributed by atoms with van der Waals surface area (Å²) in [6.45, 7) is 1.84. The smallest absolute Gasteiger partial charge is 0.317 e. The lowest BCUT2D eigenvalue weighted by Crippen LogP contribution is -2.49. The predicted octanol–water partition coefficient (Wildman–Crippen LogP) is 5.83. The predicted molar refractivity (Wildman–Crippen MR) is 185 cm³/mol. The van der Waals surface area contributed by atoms with Crippen LogP contribution in [0.5, 0.6) is 5.75 Å². The average molecular weight is 734 g/mol. The van der Waals surface area contributed by atoms with Gasteiger partial charge in [-0.1, -0.05) is 41.9 Å². The summed E-state index contributed by atoms with van der Waals surface area (Å²) in [5.74, 6) is -2.03. The molecule has 3 heterocycles. The Bertz CT molecular complexity index is 2450. The molecule has 6 aromatic rings. The minimum atomic E-state index is -4.18. The van der Waals surface area contributed by atoms with E-state index in [1.165, 1.54) is 4.57 Å². The molecule has 0 unspecified atom stereocenters. The number of esters is 1. The summed E-state index contributed by atoms with van der Waals surface area (Å²) in [4.78, 5) is 27.6. The Morgan fingerprint density at radius 1 is 0.922 bits per heavy atom. The van der Waals surface area contributed by atoms with E-state index in [0.29, 0.717) is 45.6 Å². The van der Waals surface area contributed by atoms with Gasteiger partial charge in [-0.15, -0.1) is 10.2 Å². The van der Waals surface area contributed by atoms with Gasteiger partial charge in [0.2, 0.25) is 15.8 Å². The molecular weight excluding hydrogens is 704 g/mol. The van der Waals surface area contributed by atoms with Crippen LogP contribution < -0.4 is 10.3 Å². The zero-order chi connectivity index (χ0) is 35.9. The van der Waals surface area contributed by atoms with Crippen LogP contribution in [0.4, 0.5) is 8.78 Å². The maximum absolute atomic E-state index is 14.2. The lowest BCUT2D eigenvalue weighted by molar-refractivity contribution is -0.154. The first-order valence-corrected chi connectivity index (χ1v) is 17.8. The van der Waals surface area contributed by atoms with Crippen molar-refractivity contribution in [1.82, 2.24) is 23.5 Å². The normalized spacial score (nSPS) is 14.9. The molecule has 0 spiro atoms. The van der Waals surface area contributed by atoms with Gasteiger partial charge in [-0.05, 0) is 86.0 Å². The Kier molecular flexibility index (Phi) is 9.08. The molecule has 0 amide bonds. The third kappa shape index (κ3) is 6.13. The number of hydrogen-bond donors (Lipinski definition) is 0. The molecule has 4 aromatic carbocycles. The van der Waals surface area contributed by atoms with E-state index in [4.69, 9.17) is 21.1 Å². The molecule has 0 bridgehead atoms. The van der Waals surface area contributed by atoms with Crippen LogP contribution in [-0.2, 0) is 31.6 Å². The second-order valence-corrected chi connectivity index (χ2v) is 14.4. The Hall–Kier alpha value is -5.18. The van der Waals surface area contributed by atoms with Crippen molar-refractivity contribution < 1.29 is 31.5 Å². The highest BCUT2D eigenvalue weighted by Gasteiger charge is 2.46. The van der Waals surface area contributed by atoms with Crippen molar-refractivity contribution in [2.75, 3.05) is 19.7 Å². The van der Waals surface area contributed by atoms with Crippen molar-refractivity contribution in [2.24, 2.45) is 0 Å². The van der Waals surface area contributed by atoms with Crippen molar-refractivity contribution in [1.29, 1.82) is 0 Å². The van der Waals surface area contributed by atoms with E-state index in [9.17, 15) is 26.8 Å². The molecule has 0 radical (unpaired) electrons. The number of aromatic nitrogens is 4. The highest BCUT2D eigenvalue weighted by molar-refractivity contribution is 7.89. The van der Waals surface area contributed by atoms with Gasteiger partial charge in [0.1, 0.15) is 5.75 Å². The number of nitrogens with zero attached hydrogens (tertiary/aromatic N) is 5. The number of sulfonamides is 1. The van der Waals surface area contributed by atoms with Gasteiger partial charge in [0.15, 0.2) is 24.1 Å². The monoisotopic (exact) mass is 733 g/mol. The van der Waals surface area contributed by atoms with Gasteiger partial charge in [0.05, 0.1) is 33.5 Å². The lowest BCUT2D eigenvalue weighted by atomic mass is 9.73. The van der Waals surface area contributed by atoms with Crippen LogP contribution in [-0.4, -0.2) is 57.6 Å². The fourth-order valence-electron chi connectivity index (χ4n) is 6.50. The molecule has 1 aliphatic rings. The molecule has 2 aromatic heterocycles. The average Bonchev–Trinajstić information content (AvgIpc) is 3.56. The summed E-state index contributed by atoms with van der Waals surface area (Å²) in [5, 5.41) is 9.33. The van der Waals surface area contributed by atoms with E-state index in [2.05, 4.69) is 10.2 Å². The standard InChI is InChI=1S/C36H30ClF2N5O6S/c1-2-49-26-11-9-25(10-12-26)43-33(45)28-14-8-24(37)20-31(28)44-32(40-41-35(43)44)22-50-34(46)36(23-6-4-3-5-7-23)16-18-42(19-17-36)51(47,48)27-13-15-29(38)30(39)21-27/h3-15,20-21H,2,16-19,22H2,1H3. The first-order chi connectivity index (χ1) is 24.5. The number of benzene rings is 4. The van der Waals surface area contributed by atoms with E-state index in [1.807, 2.05) is 6.92 Å². The SMILES string of the molecule is CCOc1ccc(-n2c(=O)c3ccc(Cl)cc3n3c(COC(=O)C4(c5ccccc5)CCN(S(=O)(=O)c5ccc(F)c(F)c5)CC4)nnc23)cc1. The zero-order valence-electron chi connectivity index (χ0n) is 27.1. The Balaban J connectivity index is 1.22. The quantitative estimate of drug-likeness (QED) is 0.170. The number of fused-ring (bicyclic) bond motifs is 3. The third-order valence-corrected chi connectivity index (χ3v) is 11.2. The fraction of sp³-hybridized carbons (Fsp3) is 0.222. The molecule has 0 N–H and O–H groups in total. The van der Waals surface area contributed by atoms with Crippen LogP contribution in [0.3, 0.4) is 0 Å². The number of carbonyl (C=O) groups is 1. The van der Waals surface area contributed by atoms with E-state index < -0.39 is 33.0 Å². The molecule has 1 fully saturated rings. The number of halogens is 3. The van der Waals surface area contributed by atoms with Crippen molar-refractivity contribution in [3.63, 3.8) is 0 Å². The minimum absolute atomic E-state index is 0.0507. The summed E-state index contributed by atoms with van der Waals surface area (Å²) in [6.07, 6.45) is 0.101. The topological polar surface area (TPSA) is 125 Å². The van der Waals surface area contributed by atoms with Gasteiger partial charge >= 0.3 is 5.97 Å². The highest BCUT2D eigenvalue weighted by Crippen LogP contribution is 2.39. The zero-order valence-corrected chi connectivity index (χ0v) is 28.7. The molecular formula is C36H30ClF2N5O6S. The van der Waals surface area contributed by atoms with E-state index >= 15 is 0 Å². The van der Waals surface area contributed by atoms with Crippen molar-refractivity contribution in [3.05, 3.63) is 129 Å². The van der Waals surface area contributed by atoms with Crippen molar-refractivity contribution in [3.8, 4) is 11.4 Å². The van der Waals surface area contributed by atoms with Gasteiger partial charge in [-0.3, -0.25) is 14.0 Å². The summed E-state index contributed by atoms with van der Waals surface area (Å²) < 4.78 is 69.9. The summed E-state index contributed by atoms with van der Waals surface area (Å²) in [5.41, 5.74) is -0.0454. The van der Waals surface area contributed by atoms with Gasteiger partial charge in [0.25, 0.3) is 5.56 Å². The molecule has 11 nitrogen and oxygen atoms in total. The summed E-state index contributed by atoms with van der Waals surface area (Å²) >= 11 is 6.36. The minimum Gasteiger partial charge on any atom is -0.494 e. The fourth-order valence-corrected chi connectivity index (χ4v) is 8.12. The van der Waals surface area contributed by atoms with Gasteiger partial charge in [-0.25, -0.2) is 21.8 Å². The number of carbonyl (C=O) groups excluding carboxylic acids is 1. The van der Waals surface area contributed by atoms with Crippen LogP contribution in [0.1, 0.15) is 31.2 Å². The molecule has 0 saturated carbocycles. The van der Waals surface area contributed by atoms with Gasteiger partial charge in [0, 0.05) is 18.1 Å². The number of piperidine rings is 1. The van der Waals surface area contributed by atoms with E-state index in [0.717, 1.165) is 16.4 Å². The first-order valence-electron chi connectivity index (χ1n) is 16.0. The number of ether oxygens (including phenoxy) is 2. The number of hydrogen-bond acceptors (Lipinski definition) is 8. The summed E-state index contributed by atoms with van der Waals surface area (Å²) in [7, 11) is -4.18. The van der Waals surface area contributed by atoms with Gasteiger partial charge < -0.3 is 9.47 Å². The molecule has 1 aliphatic heterocycles. The van der Waals surface area contributed by atoms with Crippen LogP contribution in [0.2, 0.25) is 5.02 Å². The lowest BCUT2D eigenvalue weighted by Gasteiger charge is -2.39. The highest BCUT2D eigenvalue weighted by atomic mass is 35.5. The second kappa shape index (κ2) is 13.5. The maximum Gasteiger partial charge on any atom is 0.317 e. The molecule has 1 saturated heterocycles. The Morgan fingerprint density at radius 2 is 1.65 bits per heavy atom. The van der Waals surface area contributed by atoms with Crippen LogP contribution >= 0.6 is 11.6 Å².